The number of rotatable bonds is 2. The molecule has 0 saturated heterocycles. The van der Waals surface area contributed by atoms with Crippen molar-refractivity contribution >= 4 is 34.7 Å². The number of hydrogen-bond acceptors (Lipinski definition) is 5. The molecule has 1 N–H and O–H groups in total. The third kappa shape index (κ3) is 3.46. The second kappa shape index (κ2) is 7.86. The Labute approximate surface area is 159 Å². The van der Waals surface area contributed by atoms with Gasteiger partial charge in [-0.2, -0.15) is 4.98 Å². The first-order chi connectivity index (χ1) is 13.1. The molecule has 2 aromatic carbocycles. The number of hydrogen-bond donors (Lipinski definition) is 1. The second-order valence-corrected chi connectivity index (χ2v) is 5.83. The summed E-state index contributed by atoms with van der Waals surface area (Å²) in [5, 5.41) is 3.19. The highest BCUT2D eigenvalue weighted by atomic mass is 16.2. The van der Waals surface area contributed by atoms with E-state index in [9.17, 15) is 4.79 Å². The maximum atomic E-state index is 12.7. The molecule has 0 unspecified atom stereocenters. The summed E-state index contributed by atoms with van der Waals surface area (Å²) in [5.74, 6) is 1.08. The molecule has 1 aliphatic heterocycles. The van der Waals surface area contributed by atoms with E-state index < -0.39 is 0 Å². The molecule has 0 bridgehead atoms. The Morgan fingerprint density at radius 1 is 0.852 bits per heavy atom. The van der Waals surface area contributed by atoms with E-state index in [1.165, 1.54) is 0 Å². The van der Waals surface area contributed by atoms with Crippen molar-refractivity contribution in [3.63, 3.8) is 0 Å². The molecule has 0 aliphatic carbocycles. The van der Waals surface area contributed by atoms with Gasteiger partial charge in [-0.15, -0.1) is 0 Å². The van der Waals surface area contributed by atoms with Gasteiger partial charge in [0, 0.05) is 19.8 Å². The molecule has 0 saturated carbocycles. The Balaban J connectivity index is 0.00000102. The van der Waals surface area contributed by atoms with E-state index in [1.54, 1.807) is 18.1 Å². The minimum absolute atomic E-state index is 0.0754. The molecule has 3 aromatic rings. The average Bonchev–Trinajstić information content (AvgIpc) is 2.81. The number of carbonyl (C=O) groups is 1. The summed E-state index contributed by atoms with van der Waals surface area (Å²) in [7, 11) is 3.65. The average molecular weight is 361 g/mol. The minimum atomic E-state index is -0.0754. The maximum Gasteiger partial charge on any atom is 0.260 e. The van der Waals surface area contributed by atoms with Gasteiger partial charge in [-0.25, -0.2) is 4.98 Å². The normalized spacial score (nSPS) is 12.4. The number of carbonyl (C=O) groups excluding carboxylic acids is 1. The fraction of sp³-hybridized carbons (Fsp3) is 0.190. The van der Waals surface area contributed by atoms with Gasteiger partial charge in [-0.05, 0) is 24.3 Å². The zero-order valence-corrected chi connectivity index (χ0v) is 16.0. The van der Waals surface area contributed by atoms with Crippen LogP contribution in [0.1, 0.15) is 24.2 Å². The van der Waals surface area contributed by atoms with Gasteiger partial charge in [-0.3, -0.25) is 4.79 Å². The van der Waals surface area contributed by atoms with Crippen LogP contribution in [-0.2, 0) is 0 Å². The molecule has 138 valence electrons. The molecule has 0 radical (unpaired) electrons. The molecule has 27 heavy (non-hydrogen) atoms. The highest BCUT2D eigenvalue weighted by Gasteiger charge is 2.28. The van der Waals surface area contributed by atoms with Crippen molar-refractivity contribution in [1.29, 1.82) is 0 Å². The van der Waals surface area contributed by atoms with Crippen LogP contribution in [0.4, 0.5) is 28.8 Å². The number of aromatic nitrogens is 2. The van der Waals surface area contributed by atoms with Crippen LogP contribution >= 0.6 is 0 Å². The molecular weight excluding hydrogens is 338 g/mol. The molecule has 0 spiro atoms. The van der Waals surface area contributed by atoms with Crippen molar-refractivity contribution < 1.29 is 4.79 Å². The lowest BCUT2D eigenvalue weighted by Crippen LogP contribution is -2.25. The number of nitrogens with zero attached hydrogens (tertiary/aromatic N) is 4. The van der Waals surface area contributed by atoms with E-state index in [0.717, 1.165) is 11.4 Å². The van der Waals surface area contributed by atoms with Crippen LogP contribution in [0.15, 0.2) is 60.8 Å². The molecule has 0 fully saturated rings. The summed E-state index contributed by atoms with van der Waals surface area (Å²) in [4.78, 5) is 25.3. The lowest BCUT2D eigenvalue weighted by atomic mass is 10.1. The molecule has 6 nitrogen and oxygen atoms in total. The van der Waals surface area contributed by atoms with Gasteiger partial charge in [0.1, 0.15) is 5.69 Å². The van der Waals surface area contributed by atoms with E-state index in [0.29, 0.717) is 23.0 Å². The Hall–Kier alpha value is -3.41. The fourth-order valence-electron chi connectivity index (χ4n) is 2.91. The first kappa shape index (κ1) is 18.4. The second-order valence-electron chi connectivity index (χ2n) is 5.83. The predicted octanol–water partition coefficient (Wildman–Crippen LogP) is 4.60. The van der Waals surface area contributed by atoms with Crippen LogP contribution in [0.25, 0.3) is 0 Å². The molecule has 1 aliphatic rings. The number of benzene rings is 2. The van der Waals surface area contributed by atoms with Gasteiger partial charge in [0.05, 0.1) is 17.4 Å². The summed E-state index contributed by atoms with van der Waals surface area (Å²) in [6.07, 6.45) is 1.67. The predicted molar refractivity (Wildman–Crippen MR) is 110 cm³/mol. The summed E-state index contributed by atoms with van der Waals surface area (Å²) in [6, 6.07) is 17.3. The van der Waals surface area contributed by atoms with Crippen LogP contribution < -0.4 is 15.1 Å². The lowest BCUT2D eigenvalue weighted by molar-refractivity contribution is 0.0994. The Kier molecular flexibility index (Phi) is 5.35. The number of fused-ring (bicyclic) bond motifs is 2. The van der Waals surface area contributed by atoms with Gasteiger partial charge in [0.2, 0.25) is 5.95 Å². The first-order valence-corrected chi connectivity index (χ1v) is 8.95. The number of amides is 1. The Bertz CT molecular complexity index is 942. The molecule has 2 heterocycles. The minimum Gasteiger partial charge on any atom is -0.327 e. The molecule has 4 rings (SSSR count). The van der Waals surface area contributed by atoms with Gasteiger partial charge in [0.25, 0.3) is 5.91 Å². The summed E-state index contributed by atoms with van der Waals surface area (Å²) >= 11 is 0. The zero-order chi connectivity index (χ0) is 19.4. The Morgan fingerprint density at radius 2 is 1.52 bits per heavy atom. The fourth-order valence-corrected chi connectivity index (χ4v) is 2.91. The van der Waals surface area contributed by atoms with Crippen molar-refractivity contribution in [2.24, 2.45) is 0 Å². The molecular formula is C21H23N5O. The molecule has 1 amide bonds. The highest BCUT2D eigenvalue weighted by Crippen LogP contribution is 2.37. The van der Waals surface area contributed by atoms with Crippen molar-refractivity contribution in [2.75, 3.05) is 29.2 Å². The smallest absolute Gasteiger partial charge is 0.260 e. The van der Waals surface area contributed by atoms with E-state index in [-0.39, 0.29) is 5.91 Å². The SMILES string of the molecule is CC.CN1C(=O)c2ccccc2N(C)c2nc(Nc3ccccc3)ncc21. The lowest BCUT2D eigenvalue weighted by Gasteiger charge is -2.21. The van der Waals surface area contributed by atoms with E-state index >= 15 is 0 Å². The first-order valence-electron chi connectivity index (χ1n) is 8.95. The van der Waals surface area contributed by atoms with E-state index in [4.69, 9.17) is 0 Å². The zero-order valence-electron chi connectivity index (χ0n) is 16.0. The molecule has 0 atom stereocenters. The Morgan fingerprint density at radius 3 is 2.26 bits per heavy atom. The van der Waals surface area contributed by atoms with Gasteiger partial charge in [0.15, 0.2) is 5.82 Å². The molecule has 6 heteroatoms. The van der Waals surface area contributed by atoms with Crippen molar-refractivity contribution in [3.05, 3.63) is 66.4 Å². The van der Waals surface area contributed by atoms with Crippen LogP contribution in [0.3, 0.4) is 0 Å². The monoisotopic (exact) mass is 361 g/mol. The van der Waals surface area contributed by atoms with Crippen LogP contribution in [0.5, 0.6) is 0 Å². The maximum absolute atomic E-state index is 12.7. The van der Waals surface area contributed by atoms with E-state index in [1.807, 2.05) is 80.4 Å². The third-order valence-electron chi connectivity index (χ3n) is 4.26. The van der Waals surface area contributed by atoms with Crippen LogP contribution in [-0.4, -0.2) is 30.0 Å². The standard InChI is InChI=1S/C19H17N5O.C2H6/c1-23-15-11-7-6-10-14(15)18(25)24(2)16-12-20-19(22-17(16)23)21-13-8-4-3-5-9-13;1-2/h3-12H,1-2H3,(H,20,21,22);1-2H3. The van der Waals surface area contributed by atoms with Crippen LogP contribution in [0, 0.1) is 0 Å². The van der Waals surface area contributed by atoms with Gasteiger partial charge in [-0.1, -0.05) is 44.2 Å². The number of nitrogens with one attached hydrogen (secondary N) is 1. The van der Waals surface area contributed by atoms with E-state index in [2.05, 4.69) is 15.3 Å². The summed E-state index contributed by atoms with van der Waals surface area (Å²) in [5.41, 5.74) is 3.04. The van der Waals surface area contributed by atoms with Crippen molar-refractivity contribution in [2.45, 2.75) is 13.8 Å². The number of para-hydroxylation sites is 2. The van der Waals surface area contributed by atoms with Gasteiger partial charge < -0.3 is 15.1 Å². The summed E-state index contributed by atoms with van der Waals surface area (Å²) < 4.78 is 0. The summed E-state index contributed by atoms with van der Waals surface area (Å²) in [6.45, 7) is 4.00. The van der Waals surface area contributed by atoms with Gasteiger partial charge >= 0.3 is 0 Å². The van der Waals surface area contributed by atoms with Crippen molar-refractivity contribution in [3.8, 4) is 0 Å². The third-order valence-corrected chi connectivity index (χ3v) is 4.26. The molecule has 1 aromatic heterocycles. The quantitative estimate of drug-likeness (QED) is 0.722. The van der Waals surface area contributed by atoms with Crippen molar-refractivity contribution in [1.82, 2.24) is 9.97 Å². The largest absolute Gasteiger partial charge is 0.327 e. The highest BCUT2D eigenvalue weighted by molar-refractivity contribution is 6.13. The van der Waals surface area contributed by atoms with Crippen LogP contribution in [0.2, 0.25) is 0 Å². The topological polar surface area (TPSA) is 61.4 Å². The number of anilines is 5.